The van der Waals surface area contributed by atoms with Crippen molar-refractivity contribution < 1.29 is 38.2 Å². The van der Waals surface area contributed by atoms with Crippen LogP contribution in [-0.4, -0.2) is 76.0 Å². The molecule has 0 aromatic carbocycles. The van der Waals surface area contributed by atoms with E-state index in [1.165, 1.54) is 6.08 Å². The SMILES string of the molecule is C[C@H](/C=C/C(=O)NCCS(=O)(=O)O)[C@H]1CC[C@H]2[C@@H]3[C@H](O)[C@H](O)[C@@H]4C[C@H](O)CC[C@]4(C)[C@H]3C[C@H](O)[C@]12C. The van der Waals surface area contributed by atoms with Crippen molar-refractivity contribution in [1.82, 2.24) is 5.32 Å². The van der Waals surface area contributed by atoms with Crippen LogP contribution < -0.4 is 5.32 Å². The van der Waals surface area contributed by atoms with Gasteiger partial charge in [-0.2, -0.15) is 8.42 Å². The molecular formula is C26H43NO8S. The molecule has 0 aromatic heterocycles. The molecule has 0 bridgehead atoms. The third-order valence-corrected chi connectivity index (χ3v) is 11.5. The molecule has 0 radical (unpaired) electrons. The maximum absolute atomic E-state index is 12.1. The molecule has 4 rings (SSSR count). The third kappa shape index (κ3) is 4.78. The van der Waals surface area contributed by atoms with E-state index in [0.29, 0.717) is 19.3 Å². The minimum Gasteiger partial charge on any atom is -0.393 e. The van der Waals surface area contributed by atoms with Gasteiger partial charge in [0.1, 0.15) is 0 Å². The first kappa shape index (κ1) is 28.0. The summed E-state index contributed by atoms with van der Waals surface area (Å²) in [5, 5.41) is 46.8. The number of aliphatic hydroxyl groups is 4. The Labute approximate surface area is 214 Å². The number of fused-ring (bicyclic) bond motifs is 5. The summed E-state index contributed by atoms with van der Waals surface area (Å²) in [5.74, 6) is -1.18. The Morgan fingerprint density at radius 2 is 1.72 bits per heavy atom. The first-order valence-corrected chi connectivity index (χ1v) is 14.9. The molecule has 36 heavy (non-hydrogen) atoms. The molecular weight excluding hydrogens is 486 g/mol. The Hall–Kier alpha value is -1.04. The van der Waals surface area contributed by atoms with E-state index >= 15 is 0 Å². The number of allylic oxidation sites excluding steroid dienone is 1. The molecule has 0 aliphatic heterocycles. The highest BCUT2D eigenvalue weighted by Crippen LogP contribution is 2.68. The van der Waals surface area contributed by atoms with Crippen LogP contribution in [0.5, 0.6) is 0 Å². The minimum absolute atomic E-state index is 0.0324. The second-order valence-corrected chi connectivity index (χ2v) is 14.0. The molecule has 10 heteroatoms. The summed E-state index contributed by atoms with van der Waals surface area (Å²) in [6.45, 7) is 6.08. The Morgan fingerprint density at radius 1 is 1.03 bits per heavy atom. The van der Waals surface area contributed by atoms with E-state index in [1.54, 1.807) is 6.08 Å². The van der Waals surface area contributed by atoms with Crippen LogP contribution in [0, 0.1) is 46.3 Å². The molecule has 0 saturated heterocycles. The fourth-order valence-corrected chi connectivity index (χ4v) is 9.20. The molecule has 0 heterocycles. The predicted octanol–water partition coefficient (Wildman–Crippen LogP) is 1.11. The average molecular weight is 530 g/mol. The Kier molecular flexibility index (Phi) is 7.72. The van der Waals surface area contributed by atoms with Crippen LogP contribution in [0.3, 0.4) is 0 Å². The van der Waals surface area contributed by atoms with E-state index in [1.807, 2.05) is 6.92 Å². The molecule has 0 spiro atoms. The maximum Gasteiger partial charge on any atom is 0.266 e. The van der Waals surface area contributed by atoms with Crippen molar-refractivity contribution in [2.75, 3.05) is 12.3 Å². The summed E-state index contributed by atoms with van der Waals surface area (Å²) in [4.78, 5) is 12.1. The smallest absolute Gasteiger partial charge is 0.266 e. The van der Waals surface area contributed by atoms with Crippen LogP contribution in [0.2, 0.25) is 0 Å². The summed E-state index contributed by atoms with van der Waals surface area (Å²) >= 11 is 0. The van der Waals surface area contributed by atoms with Crippen LogP contribution in [0.15, 0.2) is 12.2 Å². The number of rotatable bonds is 6. The molecule has 12 atom stereocenters. The lowest BCUT2D eigenvalue weighted by Crippen LogP contribution is -2.66. The molecule has 9 nitrogen and oxygen atoms in total. The van der Waals surface area contributed by atoms with E-state index in [9.17, 15) is 33.6 Å². The molecule has 4 aliphatic carbocycles. The Balaban J connectivity index is 1.51. The zero-order chi connectivity index (χ0) is 26.6. The normalized spacial score (nSPS) is 47.6. The van der Waals surface area contributed by atoms with Gasteiger partial charge in [0.15, 0.2) is 0 Å². The molecule has 1 amide bonds. The van der Waals surface area contributed by atoms with E-state index in [0.717, 1.165) is 19.3 Å². The molecule has 4 saturated carbocycles. The fourth-order valence-electron chi connectivity index (χ4n) is 8.84. The molecule has 0 unspecified atom stereocenters. The summed E-state index contributed by atoms with van der Waals surface area (Å²) in [6, 6.07) is 0. The Morgan fingerprint density at radius 3 is 2.39 bits per heavy atom. The van der Waals surface area contributed by atoms with Gasteiger partial charge in [0.25, 0.3) is 10.1 Å². The molecule has 0 aromatic rings. The summed E-state index contributed by atoms with van der Waals surface area (Å²) in [6.07, 6.45) is 4.46. The van der Waals surface area contributed by atoms with Gasteiger partial charge in [0.05, 0.1) is 30.2 Å². The number of hydrogen-bond donors (Lipinski definition) is 6. The van der Waals surface area contributed by atoms with Crippen molar-refractivity contribution in [3.05, 3.63) is 12.2 Å². The van der Waals surface area contributed by atoms with Crippen LogP contribution in [0.25, 0.3) is 0 Å². The lowest BCUT2D eigenvalue weighted by atomic mass is 9.42. The highest BCUT2D eigenvalue weighted by Gasteiger charge is 2.67. The second-order valence-electron chi connectivity index (χ2n) is 12.4. The van der Waals surface area contributed by atoms with Crippen LogP contribution >= 0.6 is 0 Å². The summed E-state index contributed by atoms with van der Waals surface area (Å²) < 4.78 is 30.5. The first-order chi connectivity index (χ1) is 16.7. The van der Waals surface area contributed by atoms with Crippen molar-refractivity contribution in [1.29, 1.82) is 0 Å². The largest absolute Gasteiger partial charge is 0.393 e. The predicted molar refractivity (Wildman–Crippen MR) is 133 cm³/mol. The Bertz CT molecular complexity index is 971. The molecule has 6 N–H and O–H groups in total. The number of nitrogens with one attached hydrogen (secondary N) is 1. The van der Waals surface area contributed by atoms with Gasteiger partial charge in [-0.1, -0.05) is 26.8 Å². The van der Waals surface area contributed by atoms with Crippen LogP contribution in [0.4, 0.5) is 0 Å². The van der Waals surface area contributed by atoms with Crippen molar-refractivity contribution in [2.45, 2.75) is 83.7 Å². The maximum atomic E-state index is 12.1. The van der Waals surface area contributed by atoms with Gasteiger partial charge in [-0.05, 0) is 85.5 Å². The molecule has 206 valence electrons. The van der Waals surface area contributed by atoms with Gasteiger partial charge in [-0.3, -0.25) is 9.35 Å². The number of carbonyl (C=O) groups excluding carboxylic acids is 1. The number of aliphatic hydroxyl groups excluding tert-OH is 4. The zero-order valence-corrected chi connectivity index (χ0v) is 22.3. The zero-order valence-electron chi connectivity index (χ0n) is 21.5. The minimum atomic E-state index is -4.14. The van der Waals surface area contributed by atoms with Crippen molar-refractivity contribution in [3.63, 3.8) is 0 Å². The van der Waals surface area contributed by atoms with Crippen LogP contribution in [-0.2, 0) is 14.9 Å². The number of amides is 1. The van der Waals surface area contributed by atoms with Gasteiger partial charge in [-0.25, -0.2) is 0 Å². The lowest BCUT2D eigenvalue weighted by Gasteiger charge is -2.64. The lowest BCUT2D eigenvalue weighted by molar-refractivity contribution is -0.242. The van der Waals surface area contributed by atoms with Crippen molar-refractivity contribution >= 4 is 16.0 Å². The van der Waals surface area contributed by atoms with Gasteiger partial charge in [0, 0.05) is 12.0 Å². The van der Waals surface area contributed by atoms with E-state index < -0.39 is 51.6 Å². The second kappa shape index (κ2) is 9.93. The fraction of sp³-hybridized carbons (Fsp3) is 0.885. The molecule has 4 fully saturated rings. The van der Waals surface area contributed by atoms with E-state index in [4.69, 9.17) is 4.55 Å². The highest BCUT2D eigenvalue weighted by atomic mass is 32.2. The number of hydrogen-bond acceptors (Lipinski definition) is 7. The van der Waals surface area contributed by atoms with E-state index in [2.05, 4.69) is 19.2 Å². The van der Waals surface area contributed by atoms with Gasteiger partial charge in [-0.15, -0.1) is 0 Å². The van der Waals surface area contributed by atoms with E-state index in [-0.39, 0.29) is 47.5 Å². The van der Waals surface area contributed by atoms with Gasteiger partial charge >= 0.3 is 0 Å². The van der Waals surface area contributed by atoms with Crippen molar-refractivity contribution in [2.24, 2.45) is 46.3 Å². The third-order valence-electron chi connectivity index (χ3n) is 10.7. The standard InChI is InChI=1S/C26H43NO8S/c1-14(4-7-21(30)27-10-11-36(33,34)35)16-5-6-17-22-18(13-20(29)26(16,17)3)25(2)9-8-15(28)12-19(25)23(31)24(22)32/h4,7,14-20,22-24,28-29,31-32H,5-6,8-13H2,1-3H3,(H,27,30)(H,33,34,35)/b7-4+/t14-,15-,16-,17+,18+,19+,20+,22+,23-,24+,25-,26-/m1/s1. The van der Waals surface area contributed by atoms with Gasteiger partial charge in [0.2, 0.25) is 5.91 Å². The first-order valence-electron chi connectivity index (χ1n) is 13.3. The number of carbonyl (C=O) groups is 1. The average Bonchev–Trinajstić information content (AvgIpc) is 3.15. The van der Waals surface area contributed by atoms with Crippen molar-refractivity contribution in [3.8, 4) is 0 Å². The van der Waals surface area contributed by atoms with Gasteiger partial charge < -0.3 is 25.7 Å². The monoisotopic (exact) mass is 529 g/mol. The summed E-state index contributed by atoms with van der Waals surface area (Å²) in [5.41, 5.74) is -0.723. The quantitative estimate of drug-likeness (QED) is 0.220. The summed E-state index contributed by atoms with van der Waals surface area (Å²) in [7, 11) is -4.14. The highest BCUT2D eigenvalue weighted by molar-refractivity contribution is 7.85. The molecule has 4 aliphatic rings. The van der Waals surface area contributed by atoms with Crippen LogP contribution in [0.1, 0.15) is 59.3 Å². The topological polar surface area (TPSA) is 164 Å².